The molecule has 15 heavy (non-hydrogen) atoms. The lowest BCUT2D eigenvalue weighted by Gasteiger charge is -2.10. The van der Waals surface area contributed by atoms with Crippen LogP contribution in [-0.2, 0) is 4.74 Å². The maximum absolute atomic E-state index is 12.6. The summed E-state index contributed by atoms with van der Waals surface area (Å²) in [6.07, 6.45) is -2.73. The van der Waals surface area contributed by atoms with Crippen LogP contribution >= 0.6 is 0 Å². The first kappa shape index (κ1) is 9.82. The number of alkyl halides is 2. The molecule has 1 heterocycles. The van der Waals surface area contributed by atoms with Crippen molar-refractivity contribution in [2.24, 2.45) is 5.10 Å². The van der Waals surface area contributed by atoms with Crippen molar-refractivity contribution in [3.05, 3.63) is 30.1 Å². The van der Waals surface area contributed by atoms with Crippen LogP contribution in [0.1, 0.15) is 0 Å². The number of nitrogens with zero attached hydrogens (tertiary/aromatic N) is 2. The highest BCUT2D eigenvalue weighted by Crippen LogP contribution is 2.19. The molecule has 0 spiro atoms. The van der Waals surface area contributed by atoms with E-state index in [1.165, 1.54) is 29.3 Å². The van der Waals surface area contributed by atoms with Gasteiger partial charge in [0, 0.05) is 0 Å². The largest absolute Gasteiger partial charge is 0.452 e. The molecule has 0 fully saturated rings. The SMILES string of the molecule is Fc1ccc(N2COC(C(F)F)=N2)cc1. The van der Waals surface area contributed by atoms with Gasteiger partial charge in [0.05, 0.1) is 5.69 Å². The summed E-state index contributed by atoms with van der Waals surface area (Å²) in [6.45, 7) is -0.0781. The molecule has 0 saturated carbocycles. The van der Waals surface area contributed by atoms with E-state index < -0.39 is 18.1 Å². The number of benzene rings is 1. The normalized spacial score (nSPS) is 15.5. The fraction of sp³-hybridized carbons (Fsp3) is 0.222. The van der Waals surface area contributed by atoms with Crippen LogP contribution in [0.15, 0.2) is 29.4 Å². The monoisotopic (exact) mass is 216 g/mol. The summed E-state index contributed by atoms with van der Waals surface area (Å²) in [5, 5.41) is 4.78. The lowest BCUT2D eigenvalue weighted by Crippen LogP contribution is -2.12. The molecule has 2 rings (SSSR count). The first-order valence-corrected chi connectivity index (χ1v) is 4.19. The number of hydrogen-bond donors (Lipinski definition) is 0. The number of ether oxygens (including phenoxy) is 1. The zero-order valence-electron chi connectivity index (χ0n) is 7.53. The van der Waals surface area contributed by atoms with Crippen molar-refractivity contribution in [1.29, 1.82) is 0 Å². The average Bonchev–Trinajstić information content (AvgIpc) is 2.68. The van der Waals surface area contributed by atoms with Gasteiger partial charge in [-0.15, -0.1) is 5.10 Å². The summed E-state index contributed by atoms with van der Waals surface area (Å²) in [5.74, 6) is -1.00. The molecule has 1 aromatic rings. The molecule has 0 unspecified atom stereocenters. The Bertz CT molecular complexity index is 377. The third-order valence-corrected chi connectivity index (χ3v) is 1.87. The van der Waals surface area contributed by atoms with Crippen molar-refractivity contribution in [3.8, 4) is 0 Å². The predicted octanol–water partition coefficient (Wildman–Crippen LogP) is 2.20. The Labute approximate surface area is 83.8 Å². The van der Waals surface area contributed by atoms with Gasteiger partial charge in [-0.3, -0.25) is 0 Å². The summed E-state index contributed by atoms with van der Waals surface area (Å²) < 4.78 is 41.5. The second-order valence-electron chi connectivity index (χ2n) is 2.89. The molecule has 1 aliphatic heterocycles. The molecular weight excluding hydrogens is 209 g/mol. The van der Waals surface area contributed by atoms with Crippen LogP contribution in [0.3, 0.4) is 0 Å². The van der Waals surface area contributed by atoms with Gasteiger partial charge in [-0.25, -0.2) is 9.40 Å². The molecule has 0 saturated heterocycles. The smallest absolute Gasteiger partial charge is 0.314 e. The fourth-order valence-electron chi connectivity index (χ4n) is 1.16. The molecule has 1 aliphatic rings. The minimum Gasteiger partial charge on any atom is -0.452 e. The van der Waals surface area contributed by atoms with E-state index in [0.717, 1.165) is 0 Å². The van der Waals surface area contributed by atoms with E-state index in [-0.39, 0.29) is 6.73 Å². The van der Waals surface area contributed by atoms with Crippen LogP contribution in [0.25, 0.3) is 0 Å². The molecule has 1 aromatic carbocycles. The molecule has 80 valence electrons. The van der Waals surface area contributed by atoms with Crippen molar-refractivity contribution in [2.75, 3.05) is 11.7 Å². The summed E-state index contributed by atoms with van der Waals surface area (Å²) in [6, 6.07) is 5.34. The van der Waals surface area contributed by atoms with E-state index in [9.17, 15) is 13.2 Å². The van der Waals surface area contributed by atoms with Gasteiger partial charge in [0.2, 0.25) is 0 Å². The van der Waals surface area contributed by atoms with Crippen LogP contribution in [-0.4, -0.2) is 19.1 Å². The predicted molar refractivity (Wildman–Crippen MR) is 48.3 cm³/mol. The number of halogens is 3. The molecule has 0 atom stereocenters. The third-order valence-electron chi connectivity index (χ3n) is 1.87. The molecule has 6 heteroatoms. The third kappa shape index (κ3) is 2.03. The van der Waals surface area contributed by atoms with Crippen LogP contribution in [0.2, 0.25) is 0 Å². The average molecular weight is 216 g/mol. The zero-order valence-corrected chi connectivity index (χ0v) is 7.53. The minimum absolute atomic E-state index is 0.0781. The standard InChI is InChI=1S/C9H7F3N2O/c10-6-1-3-7(4-2-6)14-5-15-9(13-14)8(11)12/h1-4,8H,5H2. The summed E-state index contributed by atoms with van der Waals surface area (Å²) in [7, 11) is 0. The van der Waals surface area contributed by atoms with Crippen LogP contribution in [0.4, 0.5) is 18.9 Å². The Morgan fingerprint density at radius 2 is 1.93 bits per heavy atom. The Morgan fingerprint density at radius 1 is 1.27 bits per heavy atom. The Kier molecular flexibility index (Phi) is 2.49. The van der Waals surface area contributed by atoms with Gasteiger partial charge in [0.1, 0.15) is 5.82 Å². The quantitative estimate of drug-likeness (QED) is 0.757. The van der Waals surface area contributed by atoms with Gasteiger partial charge < -0.3 is 4.74 Å². The molecule has 0 radical (unpaired) electrons. The summed E-state index contributed by atoms with van der Waals surface area (Å²) in [5.41, 5.74) is 0.507. The number of anilines is 1. The number of hydrogen-bond acceptors (Lipinski definition) is 3. The van der Waals surface area contributed by atoms with Gasteiger partial charge in [0.25, 0.3) is 5.90 Å². The summed E-state index contributed by atoms with van der Waals surface area (Å²) >= 11 is 0. The fourth-order valence-corrected chi connectivity index (χ4v) is 1.16. The van der Waals surface area contributed by atoms with E-state index in [4.69, 9.17) is 0 Å². The maximum atomic E-state index is 12.6. The Hall–Kier alpha value is -1.72. The first-order chi connectivity index (χ1) is 7.16. The van der Waals surface area contributed by atoms with E-state index in [2.05, 4.69) is 9.84 Å². The van der Waals surface area contributed by atoms with Crippen LogP contribution in [0.5, 0.6) is 0 Å². The molecular formula is C9H7F3N2O. The van der Waals surface area contributed by atoms with Crippen molar-refractivity contribution in [3.63, 3.8) is 0 Å². The molecule has 0 aromatic heterocycles. The van der Waals surface area contributed by atoms with E-state index in [1.54, 1.807) is 0 Å². The lowest BCUT2D eigenvalue weighted by atomic mass is 10.3. The minimum atomic E-state index is -2.73. The molecule has 3 nitrogen and oxygen atoms in total. The Balaban J connectivity index is 2.17. The molecule has 0 amide bonds. The highest BCUT2D eigenvalue weighted by atomic mass is 19.3. The second-order valence-corrected chi connectivity index (χ2v) is 2.89. The van der Waals surface area contributed by atoms with Crippen molar-refractivity contribution >= 4 is 11.6 Å². The first-order valence-electron chi connectivity index (χ1n) is 4.19. The maximum Gasteiger partial charge on any atom is 0.314 e. The zero-order chi connectivity index (χ0) is 10.8. The van der Waals surface area contributed by atoms with Crippen molar-refractivity contribution in [2.45, 2.75) is 6.43 Å². The highest BCUT2D eigenvalue weighted by molar-refractivity contribution is 5.82. The topological polar surface area (TPSA) is 24.8 Å². The number of hydrazone groups is 1. The lowest BCUT2D eigenvalue weighted by molar-refractivity contribution is 0.180. The second kappa shape index (κ2) is 3.80. The van der Waals surface area contributed by atoms with Gasteiger partial charge >= 0.3 is 6.43 Å². The van der Waals surface area contributed by atoms with Gasteiger partial charge in [-0.1, -0.05) is 0 Å². The van der Waals surface area contributed by atoms with E-state index in [1.807, 2.05) is 0 Å². The molecule has 0 aliphatic carbocycles. The van der Waals surface area contributed by atoms with Crippen molar-refractivity contribution < 1.29 is 17.9 Å². The molecule has 0 bridgehead atoms. The van der Waals surface area contributed by atoms with Crippen LogP contribution in [0, 0.1) is 5.82 Å². The highest BCUT2D eigenvalue weighted by Gasteiger charge is 2.24. The van der Waals surface area contributed by atoms with Crippen molar-refractivity contribution in [1.82, 2.24) is 0 Å². The number of rotatable bonds is 2. The van der Waals surface area contributed by atoms with Gasteiger partial charge in [-0.05, 0) is 24.3 Å². The Morgan fingerprint density at radius 3 is 2.47 bits per heavy atom. The van der Waals surface area contributed by atoms with Gasteiger partial charge in [0.15, 0.2) is 6.73 Å². The molecule has 0 N–H and O–H groups in total. The van der Waals surface area contributed by atoms with E-state index in [0.29, 0.717) is 5.69 Å². The van der Waals surface area contributed by atoms with E-state index >= 15 is 0 Å². The van der Waals surface area contributed by atoms with Crippen LogP contribution < -0.4 is 5.01 Å². The van der Waals surface area contributed by atoms with Gasteiger partial charge in [-0.2, -0.15) is 8.78 Å². The summed E-state index contributed by atoms with van der Waals surface area (Å²) in [4.78, 5) is 0.